The van der Waals surface area contributed by atoms with E-state index in [9.17, 15) is 9.59 Å². The van der Waals surface area contributed by atoms with Crippen LogP contribution in [-0.2, 0) is 9.59 Å². The summed E-state index contributed by atoms with van der Waals surface area (Å²) < 4.78 is 0. The molecule has 0 N–H and O–H groups in total. The molecule has 0 unspecified atom stereocenters. The number of amides is 2. The van der Waals surface area contributed by atoms with Crippen molar-refractivity contribution in [1.29, 1.82) is 0 Å². The summed E-state index contributed by atoms with van der Waals surface area (Å²) in [5.41, 5.74) is 3.70. The SMILES string of the molecule is CCN(C(=O)CN(C(C)=O)c1ccc(N(C)C)cc1)c1cccc(C)c1. The number of likely N-dealkylation sites (N-methyl/N-ethyl adjacent to an activating group) is 1. The van der Waals surface area contributed by atoms with Crippen LogP contribution in [0.15, 0.2) is 48.5 Å². The van der Waals surface area contributed by atoms with E-state index in [1.54, 1.807) is 4.90 Å². The summed E-state index contributed by atoms with van der Waals surface area (Å²) in [6.45, 7) is 5.97. The number of hydrogen-bond acceptors (Lipinski definition) is 3. The molecule has 0 saturated heterocycles. The van der Waals surface area contributed by atoms with Gasteiger partial charge in [-0.25, -0.2) is 0 Å². The van der Waals surface area contributed by atoms with Gasteiger partial charge in [0.15, 0.2) is 0 Å². The second kappa shape index (κ2) is 8.52. The summed E-state index contributed by atoms with van der Waals surface area (Å²) in [6.07, 6.45) is 0. The normalized spacial score (nSPS) is 10.3. The zero-order valence-electron chi connectivity index (χ0n) is 16.2. The highest BCUT2D eigenvalue weighted by atomic mass is 16.2. The molecule has 0 saturated carbocycles. The van der Waals surface area contributed by atoms with Crippen molar-refractivity contribution in [2.24, 2.45) is 0 Å². The van der Waals surface area contributed by atoms with Gasteiger partial charge in [0, 0.05) is 44.6 Å². The third-order valence-electron chi connectivity index (χ3n) is 4.28. The van der Waals surface area contributed by atoms with E-state index in [4.69, 9.17) is 0 Å². The Balaban J connectivity index is 2.22. The lowest BCUT2D eigenvalue weighted by atomic mass is 10.2. The predicted molar refractivity (Wildman–Crippen MR) is 108 cm³/mol. The minimum Gasteiger partial charge on any atom is -0.378 e. The van der Waals surface area contributed by atoms with Crippen molar-refractivity contribution in [2.45, 2.75) is 20.8 Å². The Kier molecular flexibility index (Phi) is 6.39. The highest BCUT2D eigenvalue weighted by molar-refractivity contribution is 6.03. The molecule has 0 heterocycles. The van der Waals surface area contributed by atoms with Gasteiger partial charge >= 0.3 is 0 Å². The number of benzene rings is 2. The van der Waals surface area contributed by atoms with Gasteiger partial charge in [-0.15, -0.1) is 0 Å². The van der Waals surface area contributed by atoms with Crippen LogP contribution in [0.1, 0.15) is 19.4 Å². The van der Waals surface area contributed by atoms with E-state index in [0.29, 0.717) is 6.54 Å². The van der Waals surface area contributed by atoms with E-state index < -0.39 is 0 Å². The number of nitrogens with zero attached hydrogens (tertiary/aromatic N) is 3. The van der Waals surface area contributed by atoms with E-state index >= 15 is 0 Å². The first kappa shape index (κ1) is 19.5. The van der Waals surface area contributed by atoms with Crippen molar-refractivity contribution >= 4 is 28.9 Å². The molecule has 5 nitrogen and oxygen atoms in total. The van der Waals surface area contributed by atoms with Gasteiger partial charge in [-0.1, -0.05) is 12.1 Å². The van der Waals surface area contributed by atoms with Crippen LogP contribution in [0.25, 0.3) is 0 Å². The van der Waals surface area contributed by atoms with Crippen LogP contribution >= 0.6 is 0 Å². The molecule has 0 atom stereocenters. The Labute approximate surface area is 155 Å². The molecule has 0 aliphatic heterocycles. The fourth-order valence-electron chi connectivity index (χ4n) is 2.83. The van der Waals surface area contributed by atoms with Crippen molar-refractivity contribution in [3.63, 3.8) is 0 Å². The molecule has 0 aromatic heterocycles. The number of hydrogen-bond donors (Lipinski definition) is 0. The maximum Gasteiger partial charge on any atom is 0.247 e. The van der Waals surface area contributed by atoms with Gasteiger partial charge in [0.25, 0.3) is 0 Å². The first-order valence-corrected chi connectivity index (χ1v) is 8.76. The molecule has 2 rings (SSSR count). The van der Waals surface area contributed by atoms with Gasteiger partial charge in [0.05, 0.1) is 0 Å². The van der Waals surface area contributed by atoms with Gasteiger partial charge in [-0.2, -0.15) is 0 Å². The van der Waals surface area contributed by atoms with Crippen molar-refractivity contribution in [3.8, 4) is 0 Å². The van der Waals surface area contributed by atoms with Crippen LogP contribution < -0.4 is 14.7 Å². The lowest BCUT2D eigenvalue weighted by Crippen LogP contribution is -2.42. The molecule has 2 aromatic carbocycles. The third kappa shape index (κ3) is 4.63. The van der Waals surface area contributed by atoms with Gasteiger partial charge in [0.2, 0.25) is 11.8 Å². The van der Waals surface area contributed by atoms with E-state index in [2.05, 4.69) is 0 Å². The van der Waals surface area contributed by atoms with E-state index in [1.165, 1.54) is 11.8 Å². The van der Waals surface area contributed by atoms with Gasteiger partial charge < -0.3 is 14.7 Å². The molecule has 138 valence electrons. The zero-order valence-corrected chi connectivity index (χ0v) is 16.2. The summed E-state index contributed by atoms with van der Waals surface area (Å²) in [5, 5.41) is 0. The fourth-order valence-corrected chi connectivity index (χ4v) is 2.83. The highest BCUT2D eigenvalue weighted by Gasteiger charge is 2.21. The minimum absolute atomic E-state index is 0.0123. The molecular weight excluding hydrogens is 326 g/mol. The predicted octanol–water partition coefficient (Wildman–Crippen LogP) is 3.47. The number of anilines is 3. The fraction of sp³-hybridized carbons (Fsp3) is 0.333. The minimum atomic E-state index is -0.156. The Morgan fingerprint density at radius 1 is 0.885 bits per heavy atom. The molecule has 0 aliphatic rings. The third-order valence-corrected chi connectivity index (χ3v) is 4.28. The number of rotatable bonds is 6. The highest BCUT2D eigenvalue weighted by Crippen LogP contribution is 2.21. The average molecular weight is 353 g/mol. The molecular formula is C21H27N3O2. The largest absolute Gasteiger partial charge is 0.378 e. The Bertz CT molecular complexity index is 769. The van der Waals surface area contributed by atoms with E-state index in [1.807, 2.05) is 81.4 Å². The summed E-state index contributed by atoms with van der Waals surface area (Å²) >= 11 is 0. The summed E-state index contributed by atoms with van der Waals surface area (Å²) in [5.74, 6) is -0.263. The molecule has 5 heteroatoms. The lowest BCUT2D eigenvalue weighted by Gasteiger charge is -2.27. The molecule has 0 radical (unpaired) electrons. The van der Waals surface area contributed by atoms with Crippen molar-refractivity contribution in [2.75, 3.05) is 41.9 Å². The van der Waals surface area contributed by atoms with Crippen molar-refractivity contribution < 1.29 is 9.59 Å². The summed E-state index contributed by atoms with van der Waals surface area (Å²) in [7, 11) is 3.92. The number of carbonyl (C=O) groups excluding carboxylic acids is 2. The van der Waals surface area contributed by atoms with Crippen molar-refractivity contribution in [3.05, 3.63) is 54.1 Å². The average Bonchev–Trinajstić information content (AvgIpc) is 2.60. The van der Waals surface area contributed by atoms with Crippen LogP contribution in [0, 0.1) is 6.92 Å². The first-order valence-electron chi connectivity index (χ1n) is 8.76. The summed E-state index contributed by atoms with van der Waals surface area (Å²) in [4.78, 5) is 30.2. The monoisotopic (exact) mass is 353 g/mol. The molecule has 0 bridgehead atoms. The second-order valence-corrected chi connectivity index (χ2v) is 6.49. The van der Waals surface area contributed by atoms with Crippen molar-refractivity contribution in [1.82, 2.24) is 0 Å². The summed E-state index contributed by atoms with van der Waals surface area (Å²) in [6, 6.07) is 15.4. The standard InChI is InChI=1S/C21H27N3O2/c1-6-23(20-9-7-8-16(2)14-20)21(26)15-24(17(3)25)19-12-10-18(11-13-19)22(4)5/h7-14H,6,15H2,1-5H3. The Morgan fingerprint density at radius 3 is 2.00 bits per heavy atom. The number of carbonyl (C=O) groups is 2. The molecule has 26 heavy (non-hydrogen) atoms. The zero-order chi connectivity index (χ0) is 19.3. The van der Waals surface area contributed by atoms with Gasteiger partial charge in [-0.05, 0) is 55.8 Å². The van der Waals surface area contributed by atoms with Crippen LogP contribution in [-0.4, -0.2) is 39.0 Å². The molecule has 2 amide bonds. The quantitative estimate of drug-likeness (QED) is 0.799. The van der Waals surface area contributed by atoms with Crippen LogP contribution in [0.2, 0.25) is 0 Å². The van der Waals surface area contributed by atoms with Crippen LogP contribution in [0.4, 0.5) is 17.1 Å². The Hall–Kier alpha value is -2.82. The van der Waals surface area contributed by atoms with Crippen LogP contribution in [0.5, 0.6) is 0 Å². The lowest BCUT2D eigenvalue weighted by molar-refractivity contribution is -0.121. The van der Waals surface area contributed by atoms with E-state index in [-0.39, 0.29) is 18.4 Å². The van der Waals surface area contributed by atoms with Crippen LogP contribution in [0.3, 0.4) is 0 Å². The van der Waals surface area contributed by atoms with E-state index in [0.717, 1.165) is 22.6 Å². The molecule has 2 aromatic rings. The molecule has 0 fully saturated rings. The molecule has 0 spiro atoms. The smallest absolute Gasteiger partial charge is 0.247 e. The second-order valence-electron chi connectivity index (χ2n) is 6.49. The maximum absolute atomic E-state index is 12.9. The molecule has 0 aliphatic carbocycles. The Morgan fingerprint density at radius 2 is 1.50 bits per heavy atom. The first-order chi connectivity index (χ1) is 12.3. The topological polar surface area (TPSA) is 43.9 Å². The maximum atomic E-state index is 12.9. The van der Waals surface area contributed by atoms with Gasteiger partial charge in [-0.3, -0.25) is 9.59 Å². The number of aryl methyl sites for hydroxylation is 1. The van der Waals surface area contributed by atoms with Gasteiger partial charge in [0.1, 0.15) is 6.54 Å².